The quantitative estimate of drug-likeness (QED) is 0.694. The predicted molar refractivity (Wildman–Crippen MR) is 82.7 cm³/mol. The first kappa shape index (κ1) is 17.8. The van der Waals surface area contributed by atoms with Crippen LogP contribution in [0.3, 0.4) is 0 Å². The minimum atomic E-state index is -3.30. The summed E-state index contributed by atoms with van der Waals surface area (Å²) in [5.41, 5.74) is 5.65. The van der Waals surface area contributed by atoms with Crippen molar-refractivity contribution >= 4 is 10.2 Å². The third-order valence-electron chi connectivity index (χ3n) is 3.92. The topological polar surface area (TPSA) is 69.9 Å². The Kier molecular flexibility index (Phi) is 7.39. The second-order valence-corrected chi connectivity index (χ2v) is 7.66. The molecule has 120 valence electrons. The smallest absolute Gasteiger partial charge is 0.281 e. The zero-order valence-electron chi connectivity index (χ0n) is 13.1. The molecule has 0 spiro atoms. The molecule has 0 aromatic rings. The maximum Gasteiger partial charge on any atom is 0.281 e. The van der Waals surface area contributed by atoms with Gasteiger partial charge in [0.1, 0.15) is 0 Å². The lowest BCUT2D eigenvalue weighted by molar-refractivity contribution is 0.255. The van der Waals surface area contributed by atoms with Crippen LogP contribution in [0.5, 0.6) is 0 Å². The van der Waals surface area contributed by atoms with E-state index < -0.39 is 10.2 Å². The Morgan fingerprint density at radius 2 is 1.80 bits per heavy atom. The summed E-state index contributed by atoms with van der Waals surface area (Å²) < 4.78 is 28.4. The van der Waals surface area contributed by atoms with Crippen LogP contribution in [-0.2, 0) is 10.2 Å². The SMILES string of the molecule is CCN(CCCN(C)C)S(=O)(=O)N1CCC(CN)CC1. The van der Waals surface area contributed by atoms with Crippen molar-refractivity contribution in [3.8, 4) is 0 Å². The van der Waals surface area contributed by atoms with Crippen LogP contribution in [0.4, 0.5) is 0 Å². The molecule has 0 aromatic heterocycles. The van der Waals surface area contributed by atoms with E-state index >= 15 is 0 Å². The Balaban J connectivity index is 2.56. The Morgan fingerprint density at radius 1 is 1.20 bits per heavy atom. The lowest BCUT2D eigenvalue weighted by atomic mass is 9.99. The average molecular weight is 306 g/mol. The molecule has 2 N–H and O–H groups in total. The number of hydrogen-bond donors (Lipinski definition) is 1. The molecule has 0 aromatic carbocycles. The van der Waals surface area contributed by atoms with Crippen LogP contribution in [0.15, 0.2) is 0 Å². The first-order valence-corrected chi connectivity index (χ1v) is 8.91. The highest BCUT2D eigenvalue weighted by Crippen LogP contribution is 2.20. The Bertz CT molecular complexity index is 365. The van der Waals surface area contributed by atoms with Gasteiger partial charge in [-0.05, 0) is 52.4 Å². The van der Waals surface area contributed by atoms with E-state index in [1.807, 2.05) is 21.0 Å². The molecule has 1 fully saturated rings. The van der Waals surface area contributed by atoms with E-state index in [1.165, 1.54) is 0 Å². The minimum Gasteiger partial charge on any atom is -0.330 e. The van der Waals surface area contributed by atoms with Crippen LogP contribution in [0.25, 0.3) is 0 Å². The number of nitrogens with two attached hydrogens (primary N) is 1. The van der Waals surface area contributed by atoms with E-state index in [-0.39, 0.29) is 0 Å². The van der Waals surface area contributed by atoms with Crippen molar-refractivity contribution in [1.29, 1.82) is 0 Å². The molecule has 0 saturated carbocycles. The van der Waals surface area contributed by atoms with Crippen LogP contribution >= 0.6 is 0 Å². The summed E-state index contributed by atoms with van der Waals surface area (Å²) in [5, 5.41) is 0. The van der Waals surface area contributed by atoms with Crippen LogP contribution in [0, 0.1) is 5.92 Å². The fourth-order valence-electron chi connectivity index (χ4n) is 2.54. The van der Waals surface area contributed by atoms with E-state index in [9.17, 15) is 8.42 Å². The summed E-state index contributed by atoms with van der Waals surface area (Å²) in [7, 11) is 0.708. The van der Waals surface area contributed by atoms with E-state index in [4.69, 9.17) is 5.73 Å². The summed E-state index contributed by atoms with van der Waals surface area (Å²) in [6.07, 6.45) is 2.62. The highest BCUT2D eigenvalue weighted by molar-refractivity contribution is 7.86. The second kappa shape index (κ2) is 8.29. The van der Waals surface area contributed by atoms with E-state index in [0.717, 1.165) is 25.8 Å². The molecule has 1 rings (SSSR count). The molecular formula is C13H30N4O2S. The fraction of sp³-hybridized carbons (Fsp3) is 1.00. The molecule has 0 aliphatic carbocycles. The largest absolute Gasteiger partial charge is 0.330 e. The molecule has 0 bridgehead atoms. The molecule has 7 heteroatoms. The molecule has 0 amide bonds. The lowest BCUT2D eigenvalue weighted by Crippen LogP contribution is -2.48. The van der Waals surface area contributed by atoms with E-state index in [2.05, 4.69) is 4.90 Å². The van der Waals surface area contributed by atoms with Gasteiger partial charge in [0, 0.05) is 26.2 Å². The Hall–Kier alpha value is -0.210. The lowest BCUT2D eigenvalue weighted by Gasteiger charge is -2.34. The third-order valence-corrected chi connectivity index (χ3v) is 6.04. The molecule has 0 atom stereocenters. The fourth-order valence-corrected chi connectivity index (χ4v) is 4.22. The summed E-state index contributed by atoms with van der Waals surface area (Å²) in [6.45, 7) is 5.80. The van der Waals surface area contributed by atoms with Crippen molar-refractivity contribution in [3.05, 3.63) is 0 Å². The summed E-state index contributed by atoms with van der Waals surface area (Å²) >= 11 is 0. The monoisotopic (exact) mass is 306 g/mol. The summed E-state index contributed by atoms with van der Waals surface area (Å²) in [4.78, 5) is 2.08. The minimum absolute atomic E-state index is 0.477. The van der Waals surface area contributed by atoms with Gasteiger partial charge in [0.25, 0.3) is 10.2 Å². The van der Waals surface area contributed by atoms with Crippen LogP contribution in [-0.4, -0.2) is 75.3 Å². The molecule has 6 nitrogen and oxygen atoms in total. The van der Waals surface area contributed by atoms with Crippen molar-refractivity contribution in [2.24, 2.45) is 11.7 Å². The molecule has 1 heterocycles. The Labute approximate surface area is 124 Å². The van der Waals surface area contributed by atoms with Gasteiger partial charge in [-0.15, -0.1) is 0 Å². The van der Waals surface area contributed by atoms with Crippen molar-refractivity contribution in [3.63, 3.8) is 0 Å². The van der Waals surface area contributed by atoms with Gasteiger partial charge in [0.2, 0.25) is 0 Å². The zero-order chi connectivity index (χ0) is 15.2. The average Bonchev–Trinajstić information content (AvgIpc) is 2.43. The highest BCUT2D eigenvalue weighted by Gasteiger charge is 2.31. The normalized spacial score (nSPS) is 19.1. The first-order chi connectivity index (χ1) is 9.41. The van der Waals surface area contributed by atoms with Gasteiger partial charge in [-0.3, -0.25) is 0 Å². The van der Waals surface area contributed by atoms with Crippen molar-refractivity contribution in [2.45, 2.75) is 26.2 Å². The van der Waals surface area contributed by atoms with Gasteiger partial charge in [0.15, 0.2) is 0 Å². The number of nitrogens with zero attached hydrogens (tertiary/aromatic N) is 3. The van der Waals surface area contributed by atoms with Gasteiger partial charge >= 0.3 is 0 Å². The molecule has 1 saturated heterocycles. The van der Waals surface area contributed by atoms with Crippen molar-refractivity contribution in [2.75, 3.05) is 53.4 Å². The van der Waals surface area contributed by atoms with Gasteiger partial charge in [-0.2, -0.15) is 17.0 Å². The van der Waals surface area contributed by atoms with Crippen LogP contribution < -0.4 is 5.73 Å². The summed E-state index contributed by atoms with van der Waals surface area (Å²) in [6, 6.07) is 0. The molecule has 20 heavy (non-hydrogen) atoms. The van der Waals surface area contributed by atoms with Crippen molar-refractivity contribution < 1.29 is 8.42 Å². The van der Waals surface area contributed by atoms with E-state index in [1.54, 1.807) is 8.61 Å². The number of hydrogen-bond acceptors (Lipinski definition) is 4. The molecule has 1 aliphatic rings. The van der Waals surface area contributed by atoms with E-state index in [0.29, 0.717) is 38.6 Å². The van der Waals surface area contributed by atoms with Crippen LogP contribution in [0.2, 0.25) is 0 Å². The molecular weight excluding hydrogens is 276 g/mol. The van der Waals surface area contributed by atoms with Gasteiger partial charge in [0.05, 0.1) is 0 Å². The predicted octanol–water partition coefficient (Wildman–Crippen LogP) is 0.176. The Morgan fingerprint density at radius 3 is 2.25 bits per heavy atom. The first-order valence-electron chi connectivity index (χ1n) is 7.51. The van der Waals surface area contributed by atoms with Gasteiger partial charge < -0.3 is 10.6 Å². The molecule has 0 unspecified atom stereocenters. The van der Waals surface area contributed by atoms with Gasteiger partial charge in [-0.25, -0.2) is 0 Å². The molecule has 1 aliphatic heterocycles. The third kappa shape index (κ3) is 4.96. The maximum atomic E-state index is 12.6. The number of rotatable bonds is 8. The van der Waals surface area contributed by atoms with Gasteiger partial charge in [-0.1, -0.05) is 6.92 Å². The van der Waals surface area contributed by atoms with Crippen LogP contribution in [0.1, 0.15) is 26.2 Å². The zero-order valence-corrected chi connectivity index (χ0v) is 13.9. The van der Waals surface area contributed by atoms with Crippen molar-refractivity contribution in [1.82, 2.24) is 13.5 Å². The maximum absolute atomic E-state index is 12.6. The summed E-state index contributed by atoms with van der Waals surface area (Å²) in [5.74, 6) is 0.477. The number of piperidine rings is 1. The standard InChI is InChI=1S/C13H30N4O2S/c1-4-16(9-5-8-15(2)3)20(18,19)17-10-6-13(12-14)7-11-17/h13H,4-12,14H2,1-3H3. The second-order valence-electron chi connectivity index (χ2n) is 5.73. The highest BCUT2D eigenvalue weighted by atomic mass is 32.2. The molecule has 0 radical (unpaired) electrons.